The van der Waals surface area contributed by atoms with E-state index in [2.05, 4.69) is 0 Å². The molecule has 0 aromatic heterocycles. The number of nitrogens with two attached hydrogens (primary N) is 1. The molecule has 1 saturated heterocycles. The molecule has 3 atom stereocenters. The highest BCUT2D eigenvalue weighted by atomic mass is 35.5. The van der Waals surface area contributed by atoms with E-state index in [4.69, 9.17) is 17.3 Å². The third-order valence-electron chi connectivity index (χ3n) is 4.62. The molecular formula is C15H18ClFN2O. The van der Waals surface area contributed by atoms with Crippen molar-refractivity contribution in [3.05, 3.63) is 34.6 Å². The molecule has 1 aromatic carbocycles. The number of carbonyl (C=O) groups excluding carboxylic acids is 1. The lowest BCUT2D eigenvalue weighted by atomic mass is 9.78. The quantitative estimate of drug-likeness (QED) is 0.866. The Balaban J connectivity index is 1.80. The molecular weight excluding hydrogens is 279 g/mol. The summed E-state index contributed by atoms with van der Waals surface area (Å²) in [5.74, 6) is -0.0789. The molecule has 1 aromatic rings. The Morgan fingerprint density at radius 1 is 1.35 bits per heavy atom. The second-order valence-corrected chi connectivity index (χ2v) is 6.24. The van der Waals surface area contributed by atoms with Crippen LogP contribution in [-0.4, -0.2) is 29.9 Å². The number of amides is 1. The highest BCUT2D eigenvalue weighted by Gasteiger charge is 2.40. The van der Waals surface area contributed by atoms with E-state index >= 15 is 0 Å². The molecule has 2 fully saturated rings. The van der Waals surface area contributed by atoms with E-state index in [9.17, 15) is 9.18 Å². The van der Waals surface area contributed by atoms with Crippen LogP contribution in [0, 0.1) is 17.7 Å². The van der Waals surface area contributed by atoms with Gasteiger partial charge in [0.25, 0.3) is 5.91 Å². The number of hydrogen-bond donors (Lipinski definition) is 1. The smallest absolute Gasteiger partial charge is 0.256 e. The summed E-state index contributed by atoms with van der Waals surface area (Å²) in [7, 11) is 0. The predicted molar refractivity (Wildman–Crippen MR) is 76.1 cm³/mol. The first-order valence-corrected chi connectivity index (χ1v) is 7.44. The Morgan fingerprint density at radius 2 is 2.15 bits per heavy atom. The normalized spacial score (nSPS) is 29.4. The fraction of sp³-hybridized carbons (Fsp3) is 0.533. The van der Waals surface area contributed by atoms with Crippen LogP contribution in [0.25, 0.3) is 0 Å². The van der Waals surface area contributed by atoms with Crippen molar-refractivity contribution in [2.45, 2.75) is 25.3 Å². The van der Waals surface area contributed by atoms with Gasteiger partial charge in [0.05, 0.1) is 10.6 Å². The molecule has 3 unspecified atom stereocenters. The summed E-state index contributed by atoms with van der Waals surface area (Å²) < 4.78 is 13.9. The molecule has 3 nitrogen and oxygen atoms in total. The molecule has 108 valence electrons. The summed E-state index contributed by atoms with van der Waals surface area (Å²) in [6.07, 6.45) is 3.25. The van der Waals surface area contributed by atoms with Gasteiger partial charge in [-0.05, 0) is 36.8 Å². The van der Waals surface area contributed by atoms with Gasteiger partial charge < -0.3 is 10.6 Å². The van der Waals surface area contributed by atoms with Crippen LogP contribution >= 0.6 is 11.6 Å². The van der Waals surface area contributed by atoms with Crippen LogP contribution in [0.4, 0.5) is 4.39 Å². The van der Waals surface area contributed by atoms with Crippen LogP contribution in [0.3, 0.4) is 0 Å². The van der Waals surface area contributed by atoms with Crippen LogP contribution in [0.2, 0.25) is 5.02 Å². The topological polar surface area (TPSA) is 46.3 Å². The number of hydrogen-bond acceptors (Lipinski definition) is 2. The summed E-state index contributed by atoms with van der Waals surface area (Å²) in [6.45, 7) is 1.32. The van der Waals surface area contributed by atoms with Crippen LogP contribution in [0.15, 0.2) is 18.2 Å². The van der Waals surface area contributed by atoms with Gasteiger partial charge in [0, 0.05) is 19.1 Å². The van der Waals surface area contributed by atoms with Crippen molar-refractivity contribution in [3.8, 4) is 0 Å². The lowest BCUT2D eigenvalue weighted by Gasteiger charge is -2.29. The van der Waals surface area contributed by atoms with Gasteiger partial charge in [-0.3, -0.25) is 4.79 Å². The van der Waals surface area contributed by atoms with Gasteiger partial charge in [-0.2, -0.15) is 0 Å². The van der Waals surface area contributed by atoms with Crippen molar-refractivity contribution in [1.29, 1.82) is 0 Å². The third-order valence-corrected chi connectivity index (χ3v) is 4.92. The first kappa shape index (κ1) is 13.8. The Morgan fingerprint density at radius 3 is 2.90 bits per heavy atom. The highest BCUT2D eigenvalue weighted by molar-refractivity contribution is 6.31. The van der Waals surface area contributed by atoms with Gasteiger partial charge in [-0.25, -0.2) is 4.39 Å². The van der Waals surface area contributed by atoms with Crippen LogP contribution in [0.5, 0.6) is 0 Å². The summed E-state index contributed by atoms with van der Waals surface area (Å²) >= 11 is 5.74. The maximum Gasteiger partial charge on any atom is 0.256 e. The van der Waals surface area contributed by atoms with Gasteiger partial charge in [-0.15, -0.1) is 0 Å². The fourth-order valence-electron chi connectivity index (χ4n) is 3.52. The second kappa shape index (κ2) is 5.34. The van der Waals surface area contributed by atoms with Crippen LogP contribution < -0.4 is 5.73 Å². The van der Waals surface area contributed by atoms with Gasteiger partial charge in [0.15, 0.2) is 5.82 Å². The molecule has 0 spiro atoms. The molecule has 1 heterocycles. The van der Waals surface area contributed by atoms with Gasteiger partial charge in [0.1, 0.15) is 0 Å². The Labute approximate surface area is 122 Å². The van der Waals surface area contributed by atoms with E-state index in [0.29, 0.717) is 24.9 Å². The van der Waals surface area contributed by atoms with Gasteiger partial charge >= 0.3 is 0 Å². The SMILES string of the molecule is NC1CCCC2CN(C(=O)c3cccc(Cl)c3F)CC12. The van der Waals surface area contributed by atoms with Crippen molar-refractivity contribution in [2.24, 2.45) is 17.6 Å². The van der Waals surface area contributed by atoms with Crippen molar-refractivity contribution in [2.75, 3.05) is 13.1 Å². The molecule has 0 radical (unpaired) electrons. The zero-order valence-corrected chi connectivity index (χ0v) is 11.9. The number of likely N-dealkylation sites (tertiary alicyclic amines) is 1. The summed E-state index contributed by atoms with van der Waals surface area (Å²) in [4.78, 5) is 14.2. The number of carbonyl (C=O) groups is 1. The average Bonchev–Trinajstić information content (AvgIpc) is 2.87. The Hall–Kier alpha value is -1.13. The molecule has 0 bridgehead atoms. The molecule has 1 saturated carbocycles. The Kier molecular flexibility index (Phi) is 3.69. The van der Waals surface area contributed by atoms with E-state index < -0.39 is 5.82 Å². The first-order chi connectivity index (χ1) is 9.58. The van der Waals surface area contributed by atoms with E-state index in [0.717, 1.165) is 19.3 Å². The Bertz CT molecular complexity index is 537. The molecule has 3 rings (SSSR count). The van der Waals surface area contributed by atoms with Crippen molar-refractivity contribution in [3.63, 3.8) is 0 Å². The summed E-state index contributed by atoms with van der Waals surface area (Å²) in [5, 5.41) is -0.0100. The van der Waals surface area contributed by atoms with Crippen molar-refractivity contribution in [1.82, 2.24) is 4.90 Å². The monoisotopic (exact) mass is 296 g/mol. The van der Waals surface area contributed by atoms with Gasteiger partial charge in [0.2, 0.25) is 0 Å². The number of benzene rings is 1. The number of fused-ring (bicyclic) bond motifs is 1. The molecule has 5 heteroatoms. The number of halogens is 2. The van der Waals surface area contributed by atoms with Crippen molar-refractivity contribution >= 4 is 17.5 Å². The standard InChI is InChI=1S/C15H18ClFN2O/c16-12-5-2-4-10(14(12)17)15(20)19-7-9-3-1-6-13(18)11(9)8-19/h2,4-5,9,11,13H,1,3,6-8,18H2. The molecule has 20 heavy (non-hydrogen) atoms. The molecule has 2 N–H and O–H groups in total. The fourth-order valence-corrected chi connectivity index (χ4v) is 3.70. The molecule has 1 amide bonds. The van der Waals surface area contributed by atoms with Crippen molar-refractivity contribution < 1.29 is 9.18 Å². The maximum absolute atomic E-state index is 13.9. The van der Waals surface area contributed by atoms with Gasteiger partial charge in [-0.1, -0.05) is 24.1 Å². The lowest BCUT2D eigenvalue weighted by molar-refractivity contribution is 0.0779. The number of rotatable bonds is 1. The molecule has 1 aliphatic carbocycles. The molecule has 1 aliphatic heterocycles. The maximum atomic E-state index is 13.9. The first-order valence-electron chi connectivity index (χ1n) is 7.07. The van der Waals surface area contributed by atoms with E-state index in [1.807, 2.05) is 0 Å². The largest absolute Gasteiger partial charge is 0.338 e. The lowest BCUT2D eigenvalue weighted by Crippen LogP contribution is -2.38. The zero-order valence-electron chi connectivity index (χ0n) is 11.2. The second-order valence-electron chi connectivity index (χ2n) is 5.83. The minimum atomic E-state index is -0.627. The minimum Gasteiger partial charge on any atom is -0.338 e. The average molecular weight is 297 g/mol. The predicted octanol–water partition coefficient (Wildman–Crippen LogP) is 2.68. The van der Waals surface area contributed by atoms with E-state index in [1.165, 1.54) is 12.1 Å². The molecule has 2 aliphatic rings. The summed E-state index contributed by atoms with van der Waals surface area (Å²) in [6, 6.07) is 4.71. The highest BCUT2D eigenvalue weighted by Crippen LogP contribution is 2.36. The van der Waals surface area contributed by atoms with Crippen LogP contribution in [0.1, 0.15) is 29.6 Å². The minimum absolute atomic E-state index is 0.0100. The number of nitrogens with zero attached hydrogens (tertiary/aromatic N) is 1. The van der Waals surface area contributed by atoms with Crippen LogP contribution in [-0.2, 0) is 0 Å². The van der Waals surface area contributed by atoms with E-state index in [-0.39, 0.29) is 22.5 Å². The summed E-state index contributed by atoms with van der Waals surface area (Å²) in [5.41, 5.74) is 6.20. The zero-order chi connectivity index (χ0) is 14.3. The van der Waals surface area contributed by atoms with E-state index in [1.54, 1.807) is 11.0 Å². The third kappa shape index (κ3) is 2.31.